The second-order valence-corrected chi connectivity index (χ2v) is 4.13. The van der Waals surface area contributed by atoms with E-state index >= 15 is 0 Å². The van der Waals surface area contributed by atoms with E-state index < -0.39 is 0 Å². The van der Waals surface area contributed by atoms with Crippen molar-refractivity contribution < 1.29 is 4.79 Å². The molecule has 1 rings (SSSR count). The summed E-state index contributed by atoms with van der Waals surface area (Å²) in [6.07, 6.45) is 5.05. The summed E-state index contributed by atoms with van der Waals surface area (Å²) in [5, 5.41) is 5.62. The SMILES string of the molecule is C#CCNCC(=O)NCc1cccc(Br)c1. The molecule has 0 unspecified atom stereocenters. The van der Waals surface area contributed by atoms with Crippen molar-refractivity contribution in [1.82, 2.24) is 10.6 Å². The average Bonchev–Trinajstić information content (AvgIpc) is 2.27. The molecule has 1 aromatic carbocycles. The quantitative estimate of drug-likeness (QED) is 0.630. The van der Waals surface area contributed by atoms with Crippen molar-refractivity contribution in [3.8, 4) is 12.3 Å². The number of hydrogen-bond donors (Lipinski definition) is 2. The zero-order valence-corrected chi connectivity index (χ0v) is 10.4. The number of carbonyl (C=O) groups is 1. The number of rotatable bonds is 5. The van der Waals surface area contributed by atoms with Crippen LogP contribution >= 0.6 is 15.9 Å². The Morgan fingerprint density at radius 2 is 2.31 bits per heavy atom. The first kappa shape index (κ1) is 12.8. The smallest absolute Gasteiger partial charge is 0.234 e. The third kappa shape index (κ3) is 4.96. The fourth-order valence-corrected chi connectivity index (χ4v) is 1.60. The van der Waals surface area contributed by atoms with Gasteiger partial charge in [0.1, 0.15) is 0 Å². The van der Waals surface area contributed by atoms with Gasteiger partial charge in [0.05, 0.1) is 13.1 Å². The maximum absolute atomic E-state index is 11.3. The Hall–Kier alpha value is -1.31. The van der Waals surface area contributed by atoms with E-state index in [1.807, 2.05) is 24.3 Å². The highest BCUT2D eigenvalue weighted by molar-refractivity contribution is 9.10. The highest BCUT2D eigenvalue weighted by Gasteiger charge is 2.00. The lowest BCUT2D eigenvalue weighted by Crippen LogP contribution is -2.33. The first-order valence-electron chi connectivity index (χ1n) is 4.87. The number of nitrogens with one attached hydrogen (secondary N) is 2. The first-order valence-corrected chi connectivity index (χ1v) is 5.67. The van der Waals surface area contributed by atoms with E-state index in [2.05, 4.69) is 32.5 Å². The van der Waals surface area contributed by atoms with Crippen LogP contribution in [0.3, 0.4) is 0 Å². The van der Waals surface area contributed by atoms with Gasteiger partial charge in [0, 0.05) is 11.0 Å². The van der Waals surface area contributed by atoms with Gasteiger partial charge in [-0.2, -0.15) is 0 Å². The molecule has 0 heterocycles. The molecule has 4 heteroatoms. The summed E-state index contributed by atoms with van der Waals surface area (Å²) in [5.74, 6) is 2.35. The Bertz CT molecular complexity index is 398. The molecule has 0 saturated carbocycles. The summed E-state index contributed by atoms with van der Waals surface area (Å²) in [6.45, 7) is 1.18. The van der Waals surface area contributed by atoms with E-state index in [1.165, 1.54) is 0 Å². The van der Waals surface area contributed by atoms with Crippen LogP contribution in [0, 0.1) is 12.3 Å². The number of halogens is 1. The zero-order chi connectivity index (χ0) is 11.8. The molecule has 0 aliphatic heterocycles. The summed E-state index contributed by atoms with van der Waals surface area (Å²) < 4.78 is 1.00. The molecule has 0 spiro atoms. The molecule has 84 valence electrons. The maximum atomic E-state index is 11.3. The second-order valence-electron chi connectivity index (χ2n) is 3.21. The van der Waals surface area contributed by atoms with E-state index in [1.54, 1.807) is 0 Å². The van der Waals surface area contributed by atoms with Crippen molar-refractivity contribution in [2.75, 3.05) is 13.1 Å². The molecule has 0 fully saturated rings. The number of hydrogen-bond acceptors (Lipinski definition) is 2. The van der Waals surface area contributed by atoms with E-state index in [0.717, 1.165) is 10.0 Å². The van der Waals surface area contributed by atoms with Crippen LogP contribution in [-0.4, -0.2) is 19.0 Å². The number of amides is 1. The molecular weight excluding hydrogens is 268 g/mol. The lowest BCUT2D eigenvalue weighted by molar-refractivity contribution is -0.120. The Morgan fingerprint density at radius 1 is 1.50 bits per heavy atom. The number of terminal acetylenes is 1. The Kier molecular flexibility index (Phi) is 5.62. The predicted octanol–water partition coefficient (Wildman–Crippen LogP) is 1.29. The summed E-state index contributed by atoms with van der Waals surface area (Å²) in [6, 6.07) is 7.80. The second kappa shape index (κ2) is 7.04. The Morgan fingerprint density at radius 3 is 3.00 bits per heavy atom. The molecule has 0 saturated heterocycles. The molecular formula is C12H13BrN2O. The first-order chi connectivity index (χ1) is 7.72. The van der Waals surface area contributed by atoms with Crippen LogP contribution in [0.2, 0.25) is 0 Å². The van der Waals surface area contributed by atoms with Gasteiger partial charge >= 0.3 is 0 Å². The standard InChI is InChI=1S/C12H13BrN2O/c1-2-6-14-9-12(16)15-8-10-4-3-5-11(13)7-10/h1,3-5,7,14H,6,8-9H2,(H,15,16). The van der Waals surface area contributed by atoms with Gasteiger partial charge < -0.3 is 5.32 Å². The van der Waals surface area contributed by atoms with Gasteiger partial charge in [-0.1, -0.05) is 34.0 Å². The maximum Gasteiger partial charge on any atom is 0.234 e. The minimum Gasteiger partial charge on any atom is -0.351 e. The lowest BCUT2D eigenvalue weighted by atomic mass is 10.2. The van der Waals surface area contributed by atoms with Crippen LogP contribution in [0.15, 0.2) is 28.7 Å². The molecule has 0 aromatic heterocycles. The summed E-state index contributed by atoms with van der Waals surface area (Å²) in [5.41, 5.74) is 1.06. The molecule has 0 aliphatic rings. The third-order valence-corrected chi connectivity index (χ3v) is 2.38. The normalized spacial score (nSPS) is 9.50. The topological polar surface area (TPSA) is 41.1 Å². The van der Waals surface area contributed by atoms with Crippen molar-refractivity contribution in [3.63, 3.8) is 0 Å². The predicted molar refractivity (Wildman–Crippen MR) is 67.7 cm³/mol. The average molecular weight is 281 g/mol. The van der Waals surface area contributed by atoms with Crippen LogP contribution in [0.4, 0.5) is 0 Å². The number of benzene rings is 1. The minimum atomic E-state index is -0.0600. The molecule has 0 aliphatic carbocycles. The van der Waals surface area contributed by atoms with Crippen molar-refractivity contribution >= 4 is 21.8 Å². The molecule has 1 amide bonds. The van der Waals surface area contributed by atoms with E-state index in [0.29, 0.717) is 13.1 Å². The van der Waals surface area contributed by atoms with Crippen molar-refractivity contribution in [1.29, 1.82) is 0 Å². The summed E-state index contributed by atoms with van der Waals surface area (Å²) >= 11 is 3.37. The fraction of sp³-hybridized carbons (Fsp3) is 0.250. The van der Waals surface area contributed by atoms with Gasteiger partial charge in [0.2, 0.25) is 5.91 Å². The monoisotopic (exact) mass is 280 g/mol. The van der Waals surface area contributed by atoms with Crippen LogP contribution in [0.25, 0.3) is 0 Å². The zero-order valence-electron chi connectivity index (χ0n) is 8.79. The summed E-state index contributed by atoms with van der Waals surface area (Å²) in [7, 11) is 0. The number of carbonyl (C=O) groups excluding carboxylic acids is 1. The van der Waals surface area contributed by atoms with Crippen LogP contribution in [0.5, 0.6) is 0 Å². The third-order valence-electron chi connectivity index (χ3n) is 1.89. The Labute approximate surface area is 104 Å². The Balaban J connectivity index is 2.29. The van der Waals surface area contributed by atoms with Gasteiger partial charge in [0.15, 0.2) is 0 Å². The van der Waals surface area contributed by atoms with Gasteiger partial charge in [-0.3, -0.25) is 10.1 Å². The minimum absolute atomic E-state index is 0.0600. The van der Waals surface area contributed by atoms with Crippen molar-refractivity contribution in [2.24, 2.45) is 0 Å². The van der Waals surface area contributed by atoms with Crippen molar-refractivity contribution in [2.45, 2.75) is 6.54 Å². The van der Waals surface area contributed by atoms with Crippen LogP contribution in [0.1, 0.15) is 5.56 Å². The largest absolute Gasteiger partial charge is 0.351 e. The fourth-order valence-electron chi connectivity index (χ4n) is 1.16. The van der Waals surface area contributed by atoms with E-state index in [4.69, 9.17) is 6.42 Å². The van der Waals surface area contributed by atoms with Crippen LogP contribution in [-0.2, 0) is 11.3 Å². The van der Waals surface area contributed by atoms with Gasteiger partial charge in [0.25, 0.3) is 0 Å². The molecule has 16 heavy (non-hydrogen) atoms. The summed E-state index contributed by atoms with van der Waals surface area (Å²) in [4.78, 5) is 11.3. The van der Waals surface area contributed by atoms with Crippen molar-refractivity contribution in [3.05, 3.63) is 34.3 Å². The molecule has 3 nitrogen and oxygen atoms in total. The lowest BCUT2D eigenvalue weighted by Gasteiger charge is -2.05. The van der Waals surface area contributed by atoms with Gasteiger partial charge in [-0.15, -0.1) is 6.42 Å². The highest BCUT2D eigenvalue weighted by atomic mass is 79.9. The molecule has 2 N–H and O–H groups in total. The van der Waals surface area contributed by atoms with E-state index in [-0.39, 0.29) is 12.5 Å². The molecule has 1 aromatic rings. The highest BCUT2D eigenvalue weighted by Crippen LogP contribution is 2.11. The molecule has 0 atom stereocenters. The molecule has 0 radical (unpaired) electrons. The van der Waals surface area contributed by atoms with Gasteiger partial charge in [-0.25, -0.2) is 0 Å². The van der Waals surface area contributed by atoms with Crippen LogP contribution < -0.4 is 10.6 Å². The molecule has 0 bridgehead atoms. The van der Waals surface area contributed by atoms with E-state index in [9.17, 15) is 4.79 Å². The van der Waals surface area contributed by atoms with Gasteiger partial charge in [-0.05, 0) is 17.7 Å².